The molecule has 0 N–H and O–H groups in total. The van der Waals surface area contributed by atoms with Crippen LogP contribution in [-0.2, 0) is 17.9 Å². The lowest BCUT2D eigenvalue weighted by Crippen LogP contribution is -2.28. The Morgan fingerprint density at radius 1 is 1.09 bits per heavy atom. The van der Waals surface area contributed by atoms with Crippen LogP contribution in [0.3, 0.4) is 0 Å². The molecule has 0 aliphatic carbocycles. The SMILES string of the molecule is C=CC(=O)N(Cc1ccccc1)Cc1ccccc1[N+](=O)[O-]. The molecular formula is C17H16N2O3. The van der Waals surface area contributed by atoms with Crippen LogP contribution in [-0.4, -0.2) is 15.7 Å². The summed E-state index contributed by atoms with van der Waals surface area (Å²) in [6, 6.07) is 15.9. The molecule has 0 spiro atoms. The minimum atomic E-state index is -0.436. The summed E-state index contributed by atoms with van der Waals surface area (Å²) in [4.78, 5) is 24.2. The second kappa shape index (κ2) is 7.17. The first kappa shape index (κ1) is 15.4. The van der Waals surface area contributed by atoms with E-state index < -0.39 is 4.92 Å². The number of para-hydroxylation sites is 1. The number of amides is 1. The van der Waals surface area contributed by atoms with Crippen LogP contribution in [0.25, 0.3) is 0 Å². The van der Waals surface area contributed by atoms with Gasteiger partial charge in [-0.3, -0.25) is 14.9 Å². The molecule has 112 valence electrons. The van der Waals surface area contributed by atoms with Gasteiger partial charge in [-0.1, -0.05) is 55.1 Å². The molecule has 2 aromatic carbocycles. The van der Waals surface area contributed by atoms with Gasteiger partial charge in [-0.05, 0) is 11.6 Å². The van der Waals surface area contributed by atoms with Crippen LogP contribution in [0.15, 0.2) is 67.3 Å². The quantitative estimate of drug-likeness (QED) is 0.466. The highest BCUT2D eigenvalue weighted by molar-refractivity contribution is 5.87. The Bertz CT molecular complexity index is 683. The number of nitrogens with zero attached hydrogens (tertiary/aromatic N) is 2. The highest BCUT2D eigenvalue weighted by Crippen LogP contribution is 2.20. The van der Waals surface area contributed by atoms with Crippen molar-refractivity contribution >= 4 is 11.6 Å². The summed E-state index contributed by atoms with van der Waals surface area (Å²) in [7, 11) is 0. The van der Waals surface area contributed by atoms with Crippen molar-refractivity contribution in [2.75, 3.05) is 0 Å². The zero-order valence-corrected chi connectivity index (χ0v) is 12.0. The molecule has 0 aliphatic heterocycles. The largest absolute Gasteiger partial charge is 0.330 e. The van der Waals surface area contributed by atoms with E-state index in [-0.39, 0.29) is 18.1 Å². The number of nitro benzene ring substituents is 1. The third-order valence-corrected chi connectivity index (χ3v) is 3.25. The fourth-order valence-corrected chi connectivity index (χ4v) is 2.17. The highest BCUT2D eigenvalue weighted by Gasteiger charge is 2.18. The van der Waals surface area contributed by atoms with E-state index in [1.54, 1.807) is 18.2 Å². The highest BCUT2D eigenvalue weighted by atomic mass is 16.6. The third-order valence-electron chi connectivity index (χ3n) is 3.25. The number of carbonyl (C=O) groups is 1. The Labute approximate surface area is 128 Å². The molecule has 5 nitrogen and oxygen atoms in total. The summed E-state index contributed by atoms with van der Waals surface area (Å²) in [6.07, 6.45) is 1.22. The smallest absolute Gasteiger partial charge is 0.274 e. The molecule has 22 heavy (non-hydrogen) atoms. The molecule has 2 rings (SSSR count). The second-order valence-corrected chi connectivity index (χ2v) is 4.77. The van der Waals surface area contributed by atoms with Crippen molar-refractivity contribution in [2.45, 2.75) is 13.1 Å². The summed E-state index contributed by atoms with van der Waals surface area (Å²) in [6.45, 7) is 4.03. The number of carbonyl (C=O) groups excluding carboxylic acids is 1. The maximum Gasteiger partial charge on any atom is 0.274 e. The first-order valence-electron chi connectivity index (χ1n) is 6.79. The molecule has 0 saturated heterocycles. The van der Waals surface area contributed by atoms with Crippen molar-refractivity contribution in [3.05, 3.63) is 88.5 Å². The Kier molecular flexibility index (Phi) is 5.03. The van der Waals surface area contributed by atoms with Crippen molar-refractivity contribution in [3.63, 3.8) is 0 Å². The lowest BCUT2D eigenvalue weighted by Gasteiger charge is -2.21. The first-order valence-corrected chi connectivity index (χ1v) is 6.79. The normalized spacial score (nSPS) is 10.0. The van der Waals surface area contributed by atoms with Crippen LogP contribution < -0.4 is 0 Å². The van der Waals surface area contributed by atoms with Crippen LogP contribution >= 0.6 is 0 Å². The zero-order valence-electron chi connectivity index (χ0n) is 12.0. The number of hydrogen-bond donors (Lipinski definition) is 0. The van der Waals surface area contributed by atoms with E-state index in [0.717, 1.165) is 5.56 Å². The average Bonchev–Trinajstić information content (AvgIpc) is 2.54. The predicted octanol–water partition coefficient (Wildman–Crippen LogP) is 3.31. The van der Waals surface area contributed by atoms with Gasteiger partial charge in [0.2, 0.25) is 5.91 Å². The molecule has 5 heteroatoms. The van der Waals surface area contributed by atoms with Gasteiger partial charge in [0.1, 0.15) is 0 Å². The summed E-state index contributed by atoms with van der Waals surface area (Å²) in [5, 5.41) is 11.1. The van der Waals surface area contributed by atoms with Gasteiger partial charge in [-0.25, -0.2) is 0 Å². The Morgan fingerprint density at radius 3 is 2.36 bits per heavy atom. The molecule has 0 radical (unpaired) electrons. The Balaban J connectivity index is 2.26. The van der Waals surface area contributed by atoms with Crippen LogP contribution in [0.5, 0.6) is 0 Å². The van der Waals surface area contributed by atoms with Crippen molar-refractivity contribution in [2.24, 2.45) is 0 Å². The van der Waals surface area contributed by atoms with Crippen LogP contribution in [0.1, 0.15) is 11.1 Å². The lowest BCUT2D eigenvalue weighted by atomic mass is 10.1. The Hall–Kier alpha value is -2.95. The van der Waals surface area contributed by atoms with E-state index in [4.69, 9.17) is 0 Å². The van der Waals surface area contributed by atoms with Crippen molar-refractivity contribution in [3.8, 4) is 0 Å². The summed E-state index contributed by atoms with van der Waals surface area (Å²) in [5.74, 6) is -0.262. The standard InChI is InChI=1S/C17H16N2O3/c1-2-17(20)18(12-14-8-4-3-5-9-14)13-15-10-6-7-11-16(15)19(21)22/h2-11H,1,12-13H2. The summed E-state index contributed by atoms with van der Waals surface area (Å²) >= 11 is 0. The first-order chi connectivity index (χ1) is 10.6. The Morgan fingerprint density at radius 2 is 1.73 bits per heavy atom. The monoisotopic (exact) mass is 296 g/mol. The molecule has 0 unspecified atom stereocenters. The van der Waals surface area contributed by atoms with Crippen molar-refractivity contribution in [1.82, 2.24) is 4.90 Å². The molecule has 0 bridgehead atoms. The van der Waals surface area contributed by atoms with Gasteiger partial charge in [0.05, 0.1) is 11.5 Å². The lowest BCUT2D eigenvalue weighted by molar-refractivity contribution is -0.385. The van der Waals surface area contributed by atoms with Gasteiger partial charge in [0, 0.05) is 18.2 Å². The van der Waals surface area contributed by atoms with Gasteiger partial charge in [-0.2, -0.15) is 0 Å². The van der Waals surface area contributed by atoms with Gasteiger partial charge >= 0.3 is 0 Å². The van der Waals surface area contributed by atoms with E-state index in [2.05, 4.69) is 6.58 Å². The molecule has 0 saturated carbocycles. The number of nitro groups is 1. The molecule has 1 amide bonds. The van der Waals surface area contributed by atoms with E-state index in [1.807, 2.05) is 30.3 Å². The topological polar surface area (TPSA) is 63.5 Å². The van der Waals surface area contributed by atoms with E-state index in [1.165, 1.54) is 17.0 Å². The van der Waals surface area contributed by atoms with E-state index in [0.29, 0.717) is 12.1 Å². The second-order valence-electron chi connectivity index (χ2n) is 4.77. The zero-order chi connectivity index (χ0) is 15.9. The average molecular weight is 296 g/mol. The van der Waals surface area contributed by atoms with E-state index in [9.17, 15) is 14.9 Å². The van der Waals surface area contributed by atoms with Crippen molar-refractivity contribution < 1.29 is 9.72 Å². The van der Waals surface area contributed by atoms with Gasteiger partial charge in [0.25, 0.3) is 5.69 Å². The minimum absolute atomic E-state index is 0.0115. The molecule has 0 heterocycles. The summed E-state index contributed by atoms with van der Waals surface area (Å²) < 4.78 is 0. The fraction of sp³-hybridized carbons (Fsp3) is 0.118. The molecule has 0 fully saturated rings. The third kappa shape index (κ3) is 3.79. The maximum absolute atomic E-state index is 12.0. The van der Waals surface area contributed by atoms with Gasteiger partial charge in [-0.15, -0.1) is 0 Å². The van der Waals surface area contributed by atoms with Crippen LogP contribution in [0.2, 0.25) is 0 Å². The van der Waals surface area contributed by atoms with Crippen molar-refractivity contribution in [1.29, 1.82) is 0 Å². The molecule has 0 atom stereocenters. The minimum Gasteiger partial charge on any atom is -0.330 e. The molecule has 2 aromatic rings. The van der Waals surface area contributed by atoms with Crippen LogP contribution in [0, 0.1) is 10.1 Å². The predicted molar refractivity (Wildman–Crippen MR) is 84.0 cm³/mol. The molecular weight excluding hydrogens is 280 g/mol. The summed E-state index contributed by atoms with van der Waals surface area (Å²) in [5.41, 5.74) is 1.47. The number of benzene rings is 2. The van der Waals surface area contributed by atoms with Gasteiger partial charge < -0.3 is 4.90 Å². The number of rotatable bonds is 6. The van der Waals surface area contributed by atoms with Gasteiger partial charge in [0.15, 0.2) is 0 Å². The molecule has 0 aromatic heterocycles. The fourth-order valence-electron chi connectivity index (χ4n) is 2.17. The number of hydrogen-bond acceptors (Lipinski definition) is 3. The van der Waals surface area contributed by atoms with Crippen LogP contribution in [0.4, 0.5) is 5.69 Å². The maximum atomic E-state index is 12.0. The van der Waals surface area contributed by atoms with E-state index >= 15 is 0 Å². The molecule has 0 aliphatic rings.